The molecule has 0 saturated carbocycles. The van der Waals surface area contributed by atoms with Gasteiger partial charge in [0.1, 0.15) is 17.9 Å². The molecule has 2 fully saturated rings. The number of aromatic nitrogens is 1. The zero-order chi connectivity index (χ0) is 15.9. The molecule has 0 atom stereocenters. The number of anilines is 1. The fourth-order valence-corrected chi connectivity index (χ4v) is 2.90. The quantitative estimate of drug-likeness (QED) is 0.907. The van der Waals surface area contributed by atoms with Crippen molar-refractivity contribution in [1.82, 2.24) is 4.98 Å². The summed E-state index contributed by atoms with van der Waals surface area (Å²) in [6.07, 6.45) is 0.481. The number of benzene rings is 1. The van der Waals surface area contributed by atoms with Crippen LogP contribution in [0.3, 0.4) is 0 Å². The lowest BCUT2D eigenvalue weighted by Crippen LogP contribution is -2.66. The number of fused-ring (bicyclic) bond motifs is 1. The van der Waals surface area contributed by atoms with Crippen LogP contribution in [-0.4, -0.2) is 44.4 Å². The average molecular weight is 319 g/mol. The summed E-state index contributed by atoms with van der Waals surface area (Å²) < 4.78 is 29.1. The van der Waals surface area contributed by atoms with Crippen LogP contribution in [0.1, 0.15) is 0 Å². The summed E-state index contributed by atoms with van der Waals surface area (Å²) in [7, 11) is 0. The van der Waals surface area contributed by atoms with Gasteiger partial charge in [-0.15, -0.1) is 0 Å². The second kappa shape index (κ2) is 5.50. The van der Waals surface area contributed by atoms with Crippen LogP contribution in [0.2, 0.25) is 0 Å². The van der Waals surface area contributed by atoms with Crippen molar-refractivity contribution in [3.05, 3.63) is 30.1 Å². The lowest BCUT2D eigenvalue weighted by atomic mass is 9.78. The van der Waals surface area contributed by atoms with Gasteiger partial charge in [0.15, 0.2) is 5.58 Å². The Kier molecular flexibility index (Phi) is 3.46. The lowest BCUT2D eigenvalue weighted by molar-refractivity contribution is -0.128. The van der Waals surface area contributed by atoms with Crippen LogP contribution in [0.5, 0.6) is 5.75 Å². The molecule has 1 aromatic carbocycles. The Balaban J connectivity index is 1.46. The van der Waals surface area contributed by atoms with E-state index in [4.69, 9.17) is 19.6 Å². The van der Waals surface area contributed by atoms with E-state index in [1.165, 1.54) is 0 Å². The van der Waals surface area contributed by atoms with Crippen molar-refractivity contribution in [2.75, 3.05) is 44.4 Å². The minimum atomic E-state index is 0.119. The Morgan fingerprint density at radius 3 is 2.91 bits per heavy atom. The van der Waals surface area contributed by atoms with Crippen molar-refractivity contribution < 1.29 is 18.3 Å². The molecule has 122 valence electrons. The maximum absolute atomic E-state index is 12.5. The highest BCUT2D eigenvalue weighted by Gasteiger charge is 2.50. The van der Waals surface area contributed by atoms with Gasteiger partial charge in [-0.1, -0.05) is 0 Å². The van der Waals surface area contributed by atoms with Gasteiger partial charge >= 0.3 is 0 Å². The zero-order valence-electron chi connectivity index (χ0n) is 12.6. The van der Waals surface area contributed by atoms with Crippen LogP contribution in [0.4, 0.5) is 10.4 Å². The molecule has 2 N–H and O–H groups in total. The molecule has 0 bridgehead atoms. The molecular formula is C16H18FN3O3. The summed E-state index contributed by atoms with van der Waals surface area (Å²) in [4.78, 5) is 6.61. The Bertz CT molecular complexity index is 746. The minimum absolute atomic E-state index is 0.119. The fourth-order valence-electron chi connectivity index (χ4n) is 2.90. The predicted molar refractivity (Wildman–Crippen MR) is 83.2 cm³/mol. The number of rotatable bonds is 5. The molecule has 4 rings (SSSR count). The summed E-state index contributed by atoms with van der Waals surface area (Å²) >= 11 is 0. The molecule has 0 radical (unpaired) electrons. The van der Waals surface area contributed by atoms with Gasteiger partial charge in [-0.3, -0.25) is 0 Å². The molecule has 23 heavy (non-hydrogen) atoms. The monoisotopic (exact) mass is 319 g/mol. The average Bonchev–Trinajstić information content (AvgIpc) is 2.88. The summed E-state index contributed by atoms with van der Waals surface area (Å²) in [6.45, 7) is 3.75. The van der Waals surface area contributed by atoms with Crippen molar-refractivity contribution in [3.8, 4) is 5.75 Å². The summed E-state index contributed by atoms with van der Waals surface area (Å²) in [5.74, 6) is 0.598. The van der Waals surface area contributed by atoms with Gasteiger partial charge in [-0.05, 0) is 12.1 Å². The molecule has 6 nitrogen and oxygen atoms in total. The maximum Gasteiger partial charge on any atom is 0.298 e. The summed E-state index contributed by atoms with van der Waals surface area (Å²) in [5, 5.41) is 0. The Hall–Kier alpha value is -2.12. The SMILES string of the molecule is NC/C(=C\F)COc1ccc2nc(N3CC4(COC4)C3)oc2c1. The van der Waals surface area contributed by atoms with Gasteiger partial charge in [0.05, 0.1) is 25.0 Å². The third-order valence-corrected chi connectivity index (χ3v) is 4.33. The predicted octanol–water partition coefficient (Wildman–Crippen LogP) is 1.86. The third kappa shape index (κ3) is 2.55. The van der Waals surface area contributed by atoms with Crippen molar-refractivity contribution in [3.63, 3.8) is 0 Å². The second-order valence-electron chi connectivity index (χ2n) is 6.23. The molecule has 0 aliphatic carbocycles. The molecule has 0 amide bonds. The lowest BCUT2D eigenvalue weighted by Gasteiger charge is -2.54. The number of nitrogens with two attached hydrogens (primary N) is 1. The molecule has 2 aliphatic rings. The number of nitrogens with zero attached hydrogens (tertiary/aromatic N) is 2. The Morgan fingerprint density at radius 2 is 2.26 bits per heavy atom. The highest BCUT2D eigenvalue weighted by molar-refractivity contribution is 5.76. The highest BCUT2D eigenvalue weighted by atomic mass is 19.1. The number of ether oxygens (including phenoxy) is 2. The molecule has 2 aromatic rings. The van der Waals surface area contributed by atoms with Crippen LogP contribution in [0.15, 0.2) is 34.5 Å². The summed E-state index contributed by atoms with van der Waals surface area (Å²) in [5.41, 5.74) is 7.55. The number of oxazole rings is 1. The van der Waals surface area contributed by atoms with Gasteiger partial charge in [-0.25, -0.2) is 4.39 Å². The van der Waals surface area contributed by atoms with E-state index in [1.54, 1.807) is 12.1 Å². The first-order valence-electron chi connectivity index (χ1n) is 7.56. The third-order valence-electron chi connectivity index (χ3n) is 4.33. The van der Waals surface area contributed by atoms with Gasteiger partial charge in [0.2, 0.25) is 0 Å². The van der Waals surface area contributed by atoms with Crippen LogP contribution in [0.25, 0.3) is 11.1 Å². The van der Waals surface area contributed by atoms with Crippen molar-refractivity contribution in [1.29, 1.82) is 0 Å². The normalized spacial score (nSPS) is 19.7. The van der Waals surface area contributed by atoms with E-state index in [2.05, 4.69) is 9.88 Å². The summed E-state index contributed by atoms with van der Waals surface area (Å²) in [6, 6.07) is 6.01. The second-order valence-corrected chi connectivity index (χ2v) is 6.23. The first-order valence-corrected chi connectivity index (χ1v) is 7.56. The molecule has 0 unspecified atom stereocenters. The first-order chi connectivity index (χ1) is 11.2. The van der Waals surface area contributed by atoms with E-state index in [-0.39, 0.29) is 13.2 Å². The van der Waals surface area contributed by atoms with E-state index in [0.717, 1.165) is 31.8 Å². The molecule has 2 aliphatic heterocycles. The van der Waals surface area contributed by atoms with Crippen LogP contribution >= 0.6 is 0 Å². The topological polar surface area (TPSA) is 73.8 Å². The van der Waals surface area contributed by atoms with Gasteiger partial charge < -0.3 is 24.5 Å². The zero-order valence-corrected chi connectivity index (χ0v) is 12.6. The standard InChI is InChI=1S/C16H18FN3O3/c17-4-11(5-18)6-22-12-1-2-13-14(3-12)23-15(19-13)20-7-16(8-20)9-21-10-16/h1-4H,5-10,18H2/b11-4+. The Morgan fingerprint density at radius 1 is 1.43 bits per heavy atom. The fraction of sp³-hybridized carbons (Fsp3) is 0.438. The van der Waals surface area contributed by atoms with Crippen LogP contribution in [0, 0.1) is 5.41 Å². The largest absolute Gasteiger partial charge is 0.489 e. The van der Waals surface area contributed by atoms with E-state index < -0.39 is 0 Å². The van der Waals surface area contributed by atoms with E-state index in [9.17, 15) is 4.39 Å². The van der Waals surface area contributed by atoms with E-state index in [0.29, 0.717) is 34.7 Å². The van der Waals surface area contributed by atoms with E-state index >= 15 is 0 Å². The van der Waals surface area contributed by atoms with E-state index in [1.807, 2.05) is 6.07 Å². The van der Waals surface area contributed by atoms with Crippen LogP contribution in [-0.2, 0) is 4.74 Å². The molecule has 7 heteroatoms. The molecular weight excluding hydrogens is 301 g/mol. The van der Waals surface area contributed by atoms with Crippen LogP contribution < -0.4 is 15.4 Å². The van der Waals surface area contributed by atoms with Crippen molar-refractivity contribution in [2.45, 2.75) is 0 Å². The molecule has 2 saturated heterocycles. The first kappa shape index (κ1) is 14.5. The number of hydrogen-bond donors (Lipinski definition) is 1. The molecule has 1 aromatic heterocycles. The molecule has 1 spiro atoms. The Labute approximate surface area is 132 Å². The van der Waals surface area contributed by atoms with Crippen molar-refractivity contribution in [2.24, 2.45) is 11.1 Å². The smallest absolute Gasteiger partial charge is 0.298 e. The van der Waals surface area contributed by atoms with Gasteiger partial charge in [-0.2, -0.15) is 4.98 Å². The van der Waals surface area contributed by atoms with Crippen molar-refractivity contribution >= 4 is 17.1 Å². The van der Waals surface area contributed by atoms with Gasteiger partial charge in [0.25, 0.3) is 6.01 Å². The highest BCUT2D eigenvalue weighted by Crippen LogP contribution is 2.40. The minimum Gasteiger partial charge on any atom is -0.489 e. The van der Waals surface area contributed by atoms with Gasteiger partial charge in [0, 0.05) is 31.3 Å². The molecule has 3 heterocycles. The number of hydrogen-bond acceptors (Lipinski definition) is 6. The number of halogens is 1. The maximum atomic E-state index is 12.5.